The third kappa shape index (κ3) is 5.50. The summed E-state index contributed by atoms with van der Waals surface area (Å²) in [5, 5.41) is 5.06. The van der Waals surface area contributed by atoms with Gasteiger partial charge >= 0.3 is 0 Å². The third-order valence-electron chi connectivity index (χ3n) is 2.57. The van der Waals surface area contributed by atoms with Crippen molar-refractivity contribution in [1.82, 2.24) is 0 Å². The van der Waals surface area contributed by atoms with Gasteiger partial charge < -0.3 is 10.6 Å². The highest BCUT2D eigenvalue weighted by Crippen LogP contribution is 2.20. The normalized spacial score (nSPS) is 10.1. The van der Waals surface area contributed by atoms with Gasteiger partial charge in [-0.15, -0.1) is 0 Å². The highest BCUT2D eigenvalue weighted by molar-refractivity contribution is 5.93. The van der Waals surface area contributed by atoms with E-state index in [-0.39, 0.29) is 17.5 Å². The zero-order valence-corrected chi connectivity index (χ0v) is 11.3. The van der Waals surface area contributed by atoms with Gasteiger partial charge in [0.2, 0.25) is 11.8 Å². The predicted molar refractivity (Wildman–Crippen MR) is 73.5 cm³/mol. The van der Waals surface area contributed by atoms with Gasteiger partial charge in [-0.25, -0.2) is 4.39 Å². The Hall–Kier alpha value is -1.91. The molecule has 2 amide bonds. The Labute approximate surface area is 112 Å². The predicted octanol–water partition coefficient (Wildman–Crippen LogP) is 3.30. The highest BCUT2D eigenvalue weighted by atomic mass is 19.1. The van der Waals surface area contributed by atoms with E-state index in [0.29, 0.717) is 12.1 Å². The van der Waals surface area contributed by atoms with Crippen LogP contribution in [0.25, 0.3) is 0 Å². The monoisotopic (exact) mass is 266 g/mol. The summed E-state index contributed by atoms with van der Waals surface area (Å²) in [5.41, 5.74) is 0.547. The van der Waals surface area contributed by atoms with Crippen molar-refractivity contribution in [3.8, 4) is 0 Å². The largest absolute Gasteiger partial charge is 0.326 e. The van der Waals surface area contributed by atoms with Crippen molar-refractivity contribution in [1.29, 1.82) is 0 Å². The van der Waals surface area contributed by atoms with Crippen LogP contribution in [0.5, 0.6) is 0 Å². The number of unbranched alkanes of at least 4 members (excludes halogenated alkanes) is 2. The molecule has 1 aromatic rings. The quantitative estimate of drug-likeness (QED) is 0.776. The molecule has 19 heavy (non-hydrogen) atoms. The highest BCUT2D eigenvalue weighted by Gasteiger charge is 2.07. The summed E-state index contributed by atoms with van der Waals surface area (Å²) in [6.07, 6.45) is 3.34. The van der Waals surface area contributed by atoms with Gasteiger partial charge in [0.25, 0.3) is 0 Å². The first-order chi connectivity index (χ1) is 9.02. The van der Waals surface area contributed by atoms with E-state index in [1.807, 2.05) is 0 Å². The fraction of sp³-hybridized carbons (Fsp3) is 0.429. The summed E-state index contributed by atoms with van der Waals surface area (Å²) >= 11 is 0. The molecule has 1 aromatic carbocycles. The fourth-order valence-corrected chi connectivity index (χ4v) is 1.65. The molecule has 0 fully saturated rings. The number of amides is 2. The van der Waals surface area contributed by atoms with Crippen molar-refractivity contribution in [3.05, 3.63) is 24.0 Å². The van der Waals surface area contributed by atoms with Crippen LogP contribution in [0.2, 0.25) is 0 Å². The van der Waals surface area contributed by atoms with E-state index in [9.17, 15) is 14.0 Å². The molecule has 0 unspecified atom stereocenters. The van der Waals surface area contributed by atoms with Crippen molar-refractivity contribution in [2.24, 2.45) is 0 Å². The van der Waals surface area contributed by atoms with Gasteiger partial charge in [0, 0.05) is 19.0 Å². The standard InChI is InChI=1S/C14H19FN2O2/c1-3-4-5-6-14(19)17-11-7-8-12(15)13(9-11)16-10(2)18/h7-9H,3-6H2,1-2H3,(H,16,18)(H,17,19). The minimum absolute atomic E-state index is 0.0684. The third-order valence-corrected chi connectivity index (χ3v) is 2.57. The van der Waals surface area contributed by atoms with E-state index in [4.69, 9.17) is 0 Å². The van der Waals surface area contributed by atoms with Crippen molar-refractivity contribution in [2.75, 3.05) is 10.6 Å². The SMILES string of the molecule is CCCCCC(=O)Nc1ccc(F)c(NC(C)=O)c1. The number of halogens is 1. The van der Waals surface area contributed by atoms with Gasteiger partial charge in [0.1, 0.15) is 5.82 Å². The van der Waals surface area contributed by atoms with Crippen LogP contribution in [0.1, 0.15) is 39.5 Å². The Balaban J connectivity index is 2.63. The first-order valence-corrected chi connectivity index (χ1v) is 6.40. The van der Waals surface area contributed by atoms with E-state index in [0.717, 1.165) is 19.3 Å². The summed E-state index contributed by atoms with van der Waals surface area (Å²) in [4.78, 5) is 22.5. The molecule has 0 radical (unpaired) electrons. The summed E-state index contributed by atoms with van der Waals surface area (Å²) in [6, 6.07) is 4.10. The molecule has 0 aliphatic rings. The van der Waals surface area contributed by atoms with Crippen LogP contribution in [0, 0.1) is 5.82 Å². The molecule has 0 atom stereocenters. The Morgan fingerprint density at radius 1 is 1.21 bits per heavy atom. The first kappa shape index (κ1) is 15.1. The molecule has 0 saturated carbocycles. The van der Waals surface area contributed by atoms with Crippen LogP contribution in [0.3, 0.4) is 0 Å². The van der Waals surface area contributed by atoms with E-state index in [1.54, 1.807) is 0 Å². The molecule has 0 spiro atoms. The number of benzene rings is 1. The molecule has 0 aliphatic carbocycles. The van der Waals surface area contributed by atoms with Gasteiger partial charge in [-0.2, -0.15) is 0 Å². The number of carbonyl (C=O) groups excluding carboxylic acids is 2. The summed E-state index contributed by atoms with van der Waals surface area (Å²) in [7, 11) is 0. The van der Waals surface area contributed by atoms with Gasteiger partial charge in [-0.05, 0) is 24.6 Å². The summed E-state index contributed by atoms with van der Waals surface area (Å²) in [6.45, 7) is 3.37. The van der Waals surface area contributed by atoms with Gasteiger partial charge in [0.05, 0.1) is 5.69 Å². The molecular formula is C14H19FN2O2. The zero-order chi connectivity index (χ0) is 14.3. The van der Waals surface area contributed by atoms with Gasteiger partial charge in [0.15, 0.2) is 0 Å². The lowest BCUT2D eigenvalue weighted by atomic mass is 10.2. The topological polar surface area (TPSA) is 58.2 Å². The number of anilines is 2. The molecule has 0 bridgehead atoms. The lowest BCUT2D eigenvalue weighted by molar-refractivity contribution is -0.116. The first-order valence-electron chi connectivity index (χ1n) is 6.40. The van der Waals surface area contributed by atoms with Crippen LogP contribution in [0.15, 0.2) is 18.2 Å². The van der Waals surface area contributed by atoms with Crippen LogP contribution < -0.4 is 10.6 Å². The molecule has 5 heteroatoms. The average Bonchev–Trinajstić information content (AvgIpc) is 2.33. The van der Waals surface area contributed by atoms with E-state index >= 15 is 0 Å². The summed E-state index contributed by atoms with van der Waals surface area (Å²) in [5.74, 6) is -0.988. The molecule has 0 saturated heterocycles. The van der Waals surface area contributed by atoms with Crippen molar-refractivity contribution in [3.63, 3.8) is 0 Å². The molecule has 0 aromatic heterocycles. The average molecular weight is 266 g/mol. The van der Waals surface area contributed by atoms with Crippen molar-refractivity contribution in [2.45, 2.75) is 39.5 Å². The maximum absolute atomic E-state index is 13.4. The second kappa shape index (κ2) is 7.51. The molecular weight excluding hydrogens is 247 g/mol. The maximum atomic E-state index is 13.4. The van der Waals surface area contributed by atoms with Crippen LogP contribution in [0.4, 0.5) is 15.8 Å². The molecule has 4 nitrogen and oxygen atoms in total. The Morgan fingerprint density at radius 3 is 2.58 bits per heavy atom. The Kier molecular flexibility index (Phi) is 5.99. The Morgan fingerprint density at radius 2 is 1.95 bits per heavy atom. The van der Waals surface area contributed by atoms with Crippen LogP contribution >= 0.6 is 0 Å². The van der Waals surface area contributed by atoms with Crippen molar-refractivity contribution >= 4 is 23.2 Å². The number of rotatable bonds is 6. The number of hydrogen-bond acceptors (Lipinski definition) is 2. The second-order valence-electron chi connectivity index (χ2n) is 4.38. The number of nitrogens with one attached hydrogen (secondary N) is 2. The van der Waals surface area contributed by atoms with Gasteiger partial charge in [-0.1, -0.05) is 19.8 Å². The maximum Gasteiger partial charge on any atom is 0.224 e. The second-order valence-corrected chi connectivity index (χ2v) is 4.38. The minimum Gasteiger partial charge on any atom is -0.326 e. The lowest BCUT2D eigenvalue weighted by Gasteiger charge is -2.08. The van der Waals surface area contributed by atoms with Crippen molar-refractivity contribution < 1.29 is 14.0 Å². The van der Waals surface area contributed by atoms with E-state index in [2.05, 4.69) is 17.6 Å². The Bertz CT molecular complexity index is 461. The molecule has 1 rings (SSSR count). The minimum atomic E-state index is -0.529. The lowest BCUT2D eigenvalue weighted by Crippen LogP contribution is -2.12. The number of hydrogen-bond donors (Lipinski definition) is 2. The number of carbonyl (C=O) groups is 2. The van der Waals surface area contributed by atoms with Gasteiger partial charge in [-0.3, -0.25) is 9.59 Å². The van der Waals surface area contributed by atoms with Crippen LogP contribution in [-0.2, 0) is 9.59 Å². The smallest absolute Gasteiger partial charge is 0.224 e. The zero-order valence-electron chi connectivity index (χ0n) is 11.3. The molecule has 0 heterocycles. The molecule has 0 aliphatic heterocycles. The summed E-state index contributed by atoms with van der Waals surface area (Å²) < 4.78 is 13.4. The van der Waals surface area contributed by atoms with E-state index in [1.165, 1.54) is 25.1 Å². The molecule has 104 valence electrons. The fourth-order valence-electron chi connectivity index (χ4n) is 1.65. The molecule has 2 N–H and O–H groups in total. The van der Waals surface area contributed by atoms with Crippen LogP contribution in [-0.4, -0.2) is 11.8 Å². The van der Waals surface area contributed by atoms with E-state index < -0.39 is 5.82 Å².